The van der Waals surface area contributed by atoms with E-state index < -0.39 is 5.25 Å². The third-order valence-corrected chi connectivity index (χ3v) is 6.05. The van der Waals surface area contributed by atoms with Crippen molar-refractivity contribution in [1.29, 1.82) is 0 Å². The van der Waals surface area contributed by atoms with Crippen LogP contribution in [0.25, 0.3) is 0 Å². The Bertz CT molecular complexity index is 842. The zero-order chi connectivity index (χ0) is 20.1. The molecule has 1 aliphatic rings. The average Bonchev–Trinajstić information content (AvgIpc) is 2.67. The van der Waals surface area contributed by atoms with E-state index in [-0.39, 0.29) is 18.2 Å². The summed E-state index contributed by atoms with van der Waals surface area (Å²) in [6.07, 6.45) is 0.172. The van der Waals surface area contributed by atoms with Gasteiger partial charge in [-0.3, -0.25) is 9.59 Å². The maximum Gasteiger partial charge on any atom is 0.238 e. The van der Waals surface area contributed by atoms with Gasteiger partial charge < -0.3 is 15.1 Å². The SMILES string of the molecule is CN(C)CCN(Cc1ccc(Cl)cc1)C(=O)CC1Sc2ccccc2NC1=O. The zero-order valence-electron chi connectivity index (χ0n) is 16.0. The predicted octanol–water partition coefficient (Wildman–Crippen LogP) is 3.73. The number of rotatable bonds is 7. The Balaban J connectivity index is 1.69. The average molecular weight is 418 g/mol. The lowest BCUT2D eigenvalue weighted by Gasteiger charge is -2.28. The first-order valence-corrected chi connectivity index (χ1v) is 10.4. The highest BCUT2D eigenvalue weighted by atomic mass is 35.5. The van der Waals surface area contributed by atoms with E-state index in [1.807, 2.05) is 72.4 Å². The molecule has 5 nitrogen and oxygen atoms in total. The number of nitrogens with one attached hydrogen (secondary N) is 1. The van der Waals surface area contributed by atoms with Crippen molar-refractivity contribution in [3.8, 4) is 0 Å². The van der Waals surface area contributed by atoms with Crippen LogP contribution in [0.15, 0.2) is 53.4 Å². The van der Waals surface area contributed by atoms with Crippen LogP contribution in [0.3, 0.4) is 0 Å². The molecule has 0 radical (unpaired) electrons. The van der Waals surface area contributed by atoms with Crippen LogP contribution in [0.1, 0.15) is 12.0 Å². The number of anilines is 1. The molecule has 0 bridgehead atoms. The molecule has 0 aromatic heterocycles. The summed E-state index contributed by atoms with van der Waals surface area (Å²) >= 11 is 7.42. The number of benzene rings is 2. The lowest BCUT2D eigenvalue weighted by molar-refractivity contribution is -0.133. The minimum absolute atomic E-state index is 0.0242. The van der Waals surface area contributed by atoms with Crippen molar-refractivity contribution in [3.63, 3.8) is 0 Å². The Labute approximate surface area is 175 Å². The molecule has 1 heterocycles. The summed E-state index contributed by atoms with van der Waals surface area (Å²) in [7, 11) is 3.96. The molecular formula is C21H24ClN3O2S. The summed E-state index contributed by atoms with van der Waals surface area (Å²) in [4.78, 5) is 30.3. The number of hydrogen-bond acceptors (Lipinski definition) is 4. The van der Waals surface area contributed by atoms with Gasteiger partial charge in [-0.2, -0.15) is 0 Å². The van der Waals surface area contributed by atoms with Crippen molar-refractivity contribution in [3.05, 3.63) is 59.1 Å². The molecule has 1 N–H and O–H groups in total. The molecule has 2 aromatic carbocycles. The van der Waals surface area contributed by atoms with E-state index in [0.29, 0.717) is 18.1 Å². The summed E-state index contributed by atoms with van der Waals surface area (Å²) in [5.41, 5.74) is 1.83. The molecule has 3 rings (SSSR count). The van der Waals surface area contributed by atoms with Crippen molar-refractivity contribution >= 4 is 40.9 Å². The number of nitrogens with zero attached hydrogens (tertiary/aromatic N) is 2. The van der Waals surface area contributed by atoms with Gasteiger partial charge in [0.15, 0.2) is 0 Å². The molecule has 28 heavy (non-hydrogen) atoms. The van der Waals surface area contributed by atoms with Gasteiger partial charge in [-0.05, 0) is 43.9 Å². The number of hydrogen-bond donors (Lipinski definition) is 1. The number of para-hydroxylation sites is 1. The second kappa shape index (κ2) is 9.45. The van der Waals surface area contributed by atoms with E-state index >= 15 is 0 Å². The van der Waals surface area contributed by atoms with Crippen LogP contribution in [0.5, 0.6) is 0 Å². The van der Waals surface area contributed by atoms with E-state index in [4.69, 9.17) is 11.6 Å². The van der Waals surface area contributed by atoms with E-state index in [2.05, 4.69) is 5.32 Å². The topological polar surface area (TPSA) is 52.6 Å². The molecule has 0 spiro atoms. The summed E-state index contributed by atoms with van der Waals surface area (Å²) in [5.74, 6) is -0.139. The largest absolute Gasteiger partial charge is 0.337 e. The highest BCUT2D eigenvalue weighted by molar-refractivity contribution is 8.01. The van der Waals surface area contributed by atoms with E-state index in [0.717, 1.165) is 22.7 Å². The van der Waals surface area contributed by atoms with Gasteiger partial charge in [0.25, 0.3) is 0 Å². The summed E-state index contributed by atoms with van der Waals surface area (Å²) in [6.45, 7) is 1.86. The van der Waals surface area contributed by atoms with Crippen molar-refractivity contribution < 1.29 is 9.59 Å². The monoisotopic (exact) mass is 417 g/mol. The lowest BCUT2D eigenvalue weighted by atomic mass is 10.2. The Morgan fingerprint density at radius 3 is 2.54 bits per heavy atom. The summed E-state index contributed by atoms with van der Waals surface area (Å²) < 4.78 is 0. The van der Waals surface area contributed by atoms with Gasteiger partial charge in [0.05, 0.1) is 10.9 Å². The molecular weight excluding hydrogens is 394 g/mol. The summed E-state index contributed by atoms with van der Waals surface area (Å²) in [6, 6.07) is 15.2. The van der Waals surface area contributed by atoms with Crippen LogP contribution in [0, 0.1) is 0 Å². The van der Waals surface area contributed by atoms with Gasteiger partial charge in [0, 0.05) is 36.0 Å². The molecule has 2 aromatic rings. The highest BCUT2D eigenvalue weighted by Crippen LogP contribution is 2.36. The molecule has 7 heteroatoms. The molecule has 0 saturated heterocycles. The molecule has 148 valence electrons. The molecule has 1 atom stereocenters. The van der Waals surface area contributed by atoms with Gasteiger partial charge in [0.1, 0.15) is 0 Å². The number of halogens is 1. The maximum absolute atomic E-state index is 13.0. The van der Waals surface area contributed by atoms with Crippen molar-refractivity contribution in [1.82, 2.24) is 9.80 Å². The summed E-state index contributed by atoms with van der Waals surface area (Å²) in [5, 5.41) is 3.16. The van der Waals surface area contributed by atoms with Crippen LogP contribution in [0.2, 0.25) is 5.02 Å². The minimum atomic E-state index is -0.422. The molecule has 0 saturated carbocycles. The van der Waals surface area contributed by atoms with E-state index in [1.165, 1.54) is 11.8 Å². The van der Waals surface area contributed by atoms with Gasteiger partial charge in [0.2, 0.25) is 11.8 Å². The number of fused-ring (bicyclic) bond motifs is 1. The predicted molar refractivity (Wildman–Crippen MR) is 115 cm³/mol. The molecule has 1 unspecified atom stereocenters. The second-order valence-corrected chi connectivity index (χ2v) is 8.72. The van der Waals surface area contributed by atoms with Crippen molar-refractivity contribution in [2.45, 2.75) is 23.1 Å². The number of carbonyl (C=O) groups is 2. The third-order valence-electron chi connectivity index (χ3n) is 4.52. The third kappa shape index (κ3) is 5.50. The van der Waals surface area contributed by atoms with Gasteiger partial charge >= 0.3 is 0 Å². The normalized spacial score (nSPS) is 15.9. The van der Waals surface area contributed by atoms with Gasteiger partial charge in [-0.25, -0.2) is 0 Å². The fourth-order valence-electron chi connectivity index (χ4n) is 2.94. The van der Waals surface area contributed by atoms with Gasteiger partial charge in [-0.15, -0.1) is 11.8 Å². The Kier molecular flexibility index (Phi) is 6.99. The van der Waals surface area contributed by atoms with Crippen LogP contribution >= 0.6 is 23.4 Å². The van der Waals surface area contributed by atoms with Crippen LogP contribution < -0.4 is 5.32 Å². The molecule has 0 fully saturated rings. The van der Waals surface area contributed by atoms with Crippen LogP contribution in [0.4, 0.5) is 5.69 Å². The number of thioether (sulfide) groups is 1. The highest BCUT2D eigenvalue weighted by Gasteiger charge is 2.30. The smallest absolute Gasteiger partial charge is 0.238 e. The molecule has 2 amide bonds. The van der Waals surface area contributed by atoms with Crippen LogP contribution in [-0.4, -0.2) is 54.0 Å². The first kappa shape index (κ1) is 20.7. The lowest BCUT2D eigenvalue weighted by Crippen LogP contribution is -2.40. The first-order chi connectivity index (χ1) is 13.4. The quantitative estimate of drug-likeness (QED) is 0.745. The Morgan fingerprint density at radius 2 is 1.82 bits per heavy atom. The molecule has 0 aliphatic carbocycles. The maximum atomic E-state index is 13.0. The Hall–Kier alpha value is -2.02. The standard InChI is InChI=1S/C21H24ClN3O2S/c1-24(2)11-12-25(14-15-7-9-16(22)10-8-15)20(26)13-19-21(27)23-17-5-3-4-6-18(17)28-19/h3-10,19H,11-14H2,1-2H3,(H,23,27). The number of carbonyl (C=O) groups excluding carboxylic acids is 2. The van der Waals surface area contributed by atoms with E-state index in [9.17, 15) is 9.59 Å². The van der Waals surface area contributed by atoms with Crippen LogP contribution in [-0.2, 0) is 16.1 Å². The number of amides is 2. The minimum Gasteiger partial charge on any atom is -0.337 e. The molecule has 1 aliphatic heterocycles. The fraction of sp³-hybridized carbons (Fsp3) is 0.333. The fourth-order valence-corrected chi connectivity index (χ4v) is 4.17. The first-order valence-electron chi connectivity index (χ1n) is 9.16. The zero-order valence-corrected chi connectivity index (χ0v) is 17.6. The Morgan fingerprint density at radius 1 is 1.11 bits per heavy atom. The van der Waals surface area contributed by atoms with Crippen molar-refractivity contribution in [2.24, 2.45) is 0 Å². The second-order valence-electron chi connectivity index (χ2n) is 7.04. The van der Waals surface area contributed by atoms with Gasteiger partial charge in [-0.1, -0.05) is 35.9 Å². The van der Waals surface area contributed by atoms with E-state index in [1.54, 1.807) is 0 Å². The number of likely N-dealkylation sites (N-methyl/N-ethyl adjacent to an activating group) is 1. The van der Waals surface area contributed by atoms with Crippen molar-refractivity contribution in [2.75, 3.05) is 32.5 Å².